The van der Waals surface area contributed by atoms with Gasteiger partial charge in [-0.2, -0.15) is 5.10 Å². The molecule has 0 aliphatic heterocycles. The molecule has 0 amide bonds. The van der Waals surface area contributed by atoms with Crippen molar-refractivity contribution in [2.45, 2.75) is 13.0 Å². The van der Waals surface area contributed by atoms with E-state index in [1.807, 2.05) is 20.0 Å². The van der Waals surface area contributed by atoms with E-state index in [2.05, 4.69) is 5.10 Å². The minimum atomic E-state index is -0.820. The highest BCUT2D eigenvalue weighted by Crippen LogP contribution is 2.30. The fourth-order valence-electron chi connectivity index (χ4n) is 2.11. The first-order chi connectivity index (χ1) is 9.06. The molecule has 0 fully saturated rings. The molecule has 4 nitrogen and oxygen atoms in total. The normalized spacial score (nSPS) is 13.1. The predicted molar refractivity (Wildman–Crippen MR) is 73.2 cm³/mol. The SMILES string of the molecule is Cc1c(C(O)c2cc3cc(Cl)ccc3o2)cnn1C. The van der Waals surface area contributed by atoms with Crippen molar-refractivity contribution in [3.05, 3.63) is 52.5 Å². The molecule has 0 bridgehead atoms. The number of aromatic nitrogens is 2. The Bertz CT molecular complexity index is 745. The predicted octanol–water partition coefficient (Wildman–Crippen LogP) is 3.21. The number of halogens is 1. The maximum Gasteiger partial charge on any atom is 0.140 e. The number of aliphatic hydroxyl groups excluding tert-OH is 1. The highest BCUT2D eigenvalue weighted by atomic mass is 35.5. The highest BCUT2D eigenvalue weighted by Gasteiger charge is 2.19. The van der Waals surface area contributed by atoms with Gasteiger partial charge in [-0.15, -0.1) is 0 Å². The maximum atomic E-state index is 10.4. The molecule has 2 heterocycles. The van der Waals surface area contributed by atoms with Gasteiger partial charge in [0.1, 0.15) is 17.4 Å². The van der Waals surface area contributed by atoms with Gasteiger partial charge in [0.2, 0.25) is 0 Å². The average molecular weight is 277 g/mol. The molecule has 0 radical (unpaired) electrons. The lowest BCUT2D eigenvalue weighted by molar-refractivity contribution is 0.191. The van der Waals surface area contributed by atoms with Crippen LogP contribution in [0.2, 0.25) is 5.02 Å². The first-order valence-corrected chi connectivity index (χ1v) is 6.29. The molecule has 5 heteroatoms. The van der Waals surface area contributed by atoms with E-state index < -0.39 is 6.10 Å². The van der Waals surface area contributed by atoms with Gasteiger partial charge in [-0.25, -0.2) is 0 Å². The Morgan fingerprint density at radius 3 is 2.84 bits per heavy atom. The molecule has 0 saturated carbocycles. The Morgan fingerprint density at radius 1 is 1.37 bits per heavy atom. The second-order valence-corrected chi connectivity index (χ2v) is 4.98. The quantitative estimate of drug-likeness (QED) is 0.782. The number of nitrogens with zero attached hydrogens (tertiary/aromatic N) is 2. The largest absolute Gasteiger partial charge is 0.458 e. The zero-order valence-electron chi connectivity index (χ0n) is 10.6. The molecular weight excluding hydrogens is 264 g/mol. The van der Waals surface area contributed by atoms with Crippen LogP contribution < -0.4 is 0 Å². The molecule has 0 aliphatic carbocycles. The van der Waals surface area contributed by atoms with E-state index in [0.29, 0.717) is 16.4 Å². The Kier molecular flexibility index (Phi) is 2.84. The fraction of sp³-hybridized carbons (Fsp3) is 0.214. The monoisotopic (exact) mass is 276 g/mol. The van der Waals surface area contributed by atoms with Crippen LogP contribution in [0.15, 0.2) is 34.9 Å². The van der Waals surface area contributed by atoms with Gasteiger partial charge in [-0.3, -0.25) is 4.68 Å². The third kappa shape index (κ3) is 2.03. The van der Waals surface area contributed by atoms with Crippen molar-refractivity contribution in [1.29, 1.82) is 0 Å². The zero-order valence-corrected chi connectivity index (χ0v) is 11.3. The van der Waals surface area contributed by atoms with E-state index in [9.17, 15) is 5.11 Å². The Labute approximate surface area is 115 Å². The van der Waals surface area contributed by atoms with E-state index in [1.165, 1.54) is 0 Å². The van der Waals surface area contributed by atoms with Crippen molar-refractivity contribution in [1.82, 2.24) is 9.78 Å². The molecule has 0 aliphatic rings. The minimum Gasteiger partial charge on any atom is -0.458 e. The van der Waals surface area contributed by atoms with Crippen molar-refractivity contribution in [2.75, 3.05) is 0 Å². The van der Waals surface area contributed by atoms with Crippen molar-refractivity contribution < 1.29 is 9.52 Å². The van der Waals surface area contributed by atoms with Gasteiger partial charge in [-0.1, -0.05) is 11.6 Å². The molecular formula is C14H13ClN2O2. The van der Waals surface area contributed by atoms with Crippen LogP contribution in [0.5, 0.6) is 0 Å². The average Bonchev–Trinajstić information content (AvgIpc) is 2.93. The summed E-state index contributed by atoms with van der Waals surface area (Å²) >= 11 is 5.94. The van der Waals surface area contributed by atoms with Crippen LogP contribution in [0.4, 0.5) is 0 Å². The number of fused-ring (bicyclic) bond motifs is 1. The van der Waals surface area contributed by atoms with Gasteiger partial charge in [0.05, 0.1) is 6.20 Å². The Hall–Kier alpha value is -1.78. The van der Waals surface area contributed by atoms with Crippen LogP contribution in [0.3, 0.4) is 0 Å². The third-order valence-electron chi connectivity index (χ3n) is 3.33. The molecule has 98 valence electrons. The van der Waals surface area contributed by atoms with E-state index in [-0.39, 0.29) is 0 Å². The molecule has 0 spiro atoms. The lowest BCUT2D eigenvalue weighted by Crippen LogP contribution is -2.00. The second kappa shape index (κ2) is 4.40. The van der Waals surface area contributed by atoms with Gasteiger partial charge in [-0.05, 0) is 31.2 Å². The van der Waals surface area contributed by atoms with Crippen molar-refractivity contribution in [3.63, 3.8) is 0 Å². The smallest absolute Gasteiger partial charge is 0.140 e. The van der Waals surface area contributed by atoms with Gasteiger partial charge in [0.25, 0.3) is 0 Å². The zero-order chi connectivity index (χ0) is 13.6. The molecule has 0 saturated heterocycles. The molecule has 1 N–H and O–H groups in total. The number of furan rings is 1. The first-order valence-electron chi connectivity index (χ1n) is 5.92. The molecule has 2 aromatic heterocycles. The molecule has 1 atom stereocenters. The summed E-state index contributed by atoms with van der Waals surface area (Å²) in [5.74, 6) is 0.494. The van der Waals surface area contributed by atoms with E-state index in [0.717, 1.165) is 16.6 Å². The van der Waals surface area contributed by atoms with Crippen LogP contribution in [0.25, 0.3) is 11.0 Å². The number of hydrogen-bond donors (Lipinski definition) is 1. The summed E-state index contributed by atoms with van der Waals surface area (Å²) in [7, 11) is 1.84. The Balaban J connectivity index is 2.06. The summed E-state index contributed by atoms with van der Waals surface area (Å²) < 4.78 is 7.38. The van der Waals surface area contributed by atoms with E-state index in [4.69, 9.17) is 16.0 Å². The summed E-state index contributed by atoms with van der Waals surface area (Å²) in [4.78, 5) is 0. The van der Waals surface area contributed by atoms with Crippen molar-refractivity contribution in [3.8, 4) is 0 Å². The van der Waals surface area contributed by atoms with Crippen LogP contribution in [0, 0.1) is 6.92 Å². The highest BCUT2D eigenvalue weighted by molar-refractivity contribution is 6.31. The van der Waals surface area contributed by atoms with Gasteiger partial charge >= 0.3 is 0 Å². The number of aliphatic hydroxyl groups is 1. The van der Waals surface area contributed by atoms with E-state index >= 15 is 0 Å². The fourth-order valence-corrected chi connectivity index (χ4v) is 2.29. The van der Waals surface area contributed by atoms with Gasteiger partial charge in [0, 0.05) is 28.7 Å². The topological polar surface area (TPSA) is 51.2 Å². The van der Waals surface area contributed by atoms with Crippen molar-refractivity contribution in [2.24, 2.45) is 7.05 Å². The number of aryl methyl sites for hydroxylation is 1. The number of benzene rings is 1. The molecule has 3 rings (SSSR count). The number of rotatable bonds is 2. The Morgan fingerprint density at radius 2 is 2.16 bits per heavy atom. The summed E-state index contributed by atoms with van der Waals surface area (Å²) in [6, 6.07) is 7.17. The lowest BCUT2D eigenvalue weighted by Gasteiger charge is -2.06. The van der Waals surface area contributed by atoms with Crippen molar-refractivity contribution >= 4 is 22.6 Å². The van der Waals surface area contributed by atoms with Gasteiger partial charge < -0.3 is 9.52 Å². The lowest BCUT2D eigenvalue weighted by atomic mass is 10.1. The molecule has 1 unspecified atom stereocenters. The summed E-state index contributed by atoms with van der Waals surface area (Å²) in [6.45, 7) is 1.91. The number of hydrogen-bond acceptors (Lipinski definition) is 3. The molecule has 1 aromatic carbocycles. The molecule has 19 heavy (non-hydrogen) atoms. The minimum absolute atomic E-state index is 0.494. The second-order valence-electron chi connectivity index (χ2n) is 4.54. The first kappa shape index (κ1) is 12.3. The van der Waals surface area contributed by atoms with Crippen LogP contribution in [-0.4, -0.2) is 14.9 Å². The third-order valence-corrected chi connectivity index (χ3v) is 3.57. The van der Waals surface area contributed by atoms with Crippen LogP contribution in [0.1, 0.15) is 23.1 Å². The van der Waals surface area contributed by atoms with Crippen LogP contribution in [-0.2, 0) is 7.05 Å². The summed E-state index contributed by atoms with van der Waals surface area (Å²) in [6.07, 6.45) is 0.833. The summed E-state index contributed by atoms with van der Waals surface area (Å²) in [5.41, 5.74) is 2.36. The van der Waals surface area contributed by atoms with E-state index in [1.54, 1.807) is 29.1 Å². The summed E-state index contributed by atoms with van der Waals surface area (Å²) in [5, 5.41) is 16.0. The van der Waals surface area contributed by atoms with Crippen LogP contribution >= 0.6 is 11.6 Å². The molecule has 3 aromatic rings. The standard InChI is InChI=1S/C14H13ClN2O2/c1-8-11(7-16-17(8)2)14(18)13-6-9-5-10(15)3-4-12(9)19-13/h3-7,14,18H,1-2H3. The van der Waals surface area contributed by atoms with Gasteiger partial charge in [0.15, 0.2) is 0 Å². The maximum absolute atomic E-state index is 10.4.